The van der Waals surface area contributed by atoms with Crippen LogP contribution in [-0.2, 0) is 14.8 Å². The molecule has 0 fully saturated rings. The van der Waals surface area contributed by atoms with Crippen LogP contribution in [-0.4, -0.2) is 33.7 Å². The van der Waals surface area contributed by atoms with E-state index < -0.39 is 10.0 Å². The minimum atomic E-state index is -3.86. The normalized spacial score (nSPS) is 11.4. The number of anilines is 2. The van der Waals surface area contributed by atoms with Crippen molar-refractivity contribution < 1.29 is 27.2 Å². The van der Waals surface area contributed by atoms with Crippen LogP contribution >= 0.6 is 0 Å². The first-order valence-corrected chi connectivity index (χ1v) is 11.0. The summed E-state index contributed by atoms with van der Waals surface area (Å²) < 4.78 is 43.8. The Morgan fingerprint density at radius 2 is 1.78 bits per heavy atom. The molecule has 168 valence electrons. The molecule has 0 radical (unpaired) electrons. The number of methoxy groups -OCH3 is 2. The van der Waals surface area contributed by atoms with Gasteiger partial charge in [0.05, 0.1) is 24.8 Å². The van der Waals surface area contributed by atoms with E-state index in [-0.39, 0.29) is 16.5 Å². The summed E-state index contributed by atoms with van der Waals surface area (Å²) in [4.78, 5) is 11.4. The summed E-state index contributed by atoms with van der Waals surface area (Å²) >= 11 is 0. The van der Waals surface area contributed by atoms with Crippen molar-refractivity contribution in [3.05, 3.63) is 59.5 Å². The number of hydrogen-bond donors (Lipinski definition) is 2. The molecule has 1 heterocycles. The Morgan fingerprint density at radius 3 is 2.41 bits per heavy atom. The predicted molar refractivity (Wildman–Crippen MR) is 121 cm³/mol. The Bertz CT molecular complexity index is 1250. The molecule has 0 unspecified atom stereocenters. The van der Waals surface area contributed by atoms with Gasteiger partial charge < -0.3 is 19.3 Å². The summed E-state index contributed by atoms with van der Waals surface area (Å²) in [5, 5.41) is 6.52. The number of benzene rings is 2. The first kappa shape index (κ1) is 22.9. The third-order valence-corrected chi connectivity index (χ3v) is 5.84. The Kier molecular flexibility index (Phi) is 6.84. The molecular weight excluding hydrogens is 434 g/mol. The highest BCUT2D eigenvalue weighted by atomic mass is 32.2. The monoisotopic (exact) mass is 457 g/mol. The van der Waals surface area contributed by atoms with Gasteiger partial charge in [-0.15, -0.1) is 0 Å². The van der Waals surface area contributed by atoms with Gasteiger partial charge in [0.2, 0.25) is 5.91 Å². The Balaban J connectivity index is 1.80. The molecule has 1 aromatic heterocycles. The highest BCUT2D eigenvalue weighted by Crippen LogP contribution is 2.31. The number of rotatable bonds is 8. The van der Waals surface area contributed by atoms with E-state index in [4.69, 9.17) is 14.0 Å². The van der Waals surface area contributed by atoms with Crippen LogP contribution in [0.1, 0.15) is 23.9 Å². The van der Waals surface area contributed by atoms with Crippen LogP contribution in [0, 0.1) is 6.92 Å². The molecule has 0 atom stereocenters. The van der Waals surface area contributed by atoms with Gasteiger partial charge in [0.1, 0.15) is 22.9 Å². The average molecular weight is 458 g/mol. The van der Waals surface area contributed by atoms with Gasteiger partial charge in [-0.25, -0.2) is 8.42 Å². The second-order valence-corrected chi connectivity index (χ2v) is 8.44. The number of sulfonamides is 1. The molecule has 0 bridgehead atoms. The van der Waals surface area contributed by atoms with Crippen LogP contribution in [0.3, 0.4) is 0 Å². The highest BCUT2D eigenvalue weighted by molar-refractivity contribution is 7.92. The summed E-state index contributed by atoms with van der Waals surface area (Å²) in [6.45, 7) is 3.12. The van der Waals surface area contributed by atoms with Crippen LogP contribution in [0.15, 0.2) is 51.9 Å². The average Bonchev–Trinajstić information content (AvgIpc) is 3.11. The minimum absolute atomic E-state index is 0.0777. The lowest BCUT2D eigenvalue weighted by molar-refractivity contribution is -0.114. The largest absolute Gasteiger partial charge is 0.497 e. The number of aromatic nitrogens is 1. The maximum Gasteiger partial charge on any atom is 0.262 e. The number of carbonyl (C=O) groups excluding carboxylic acids is 1. The molecule has 3 rings (SSSR count). The molecule has 2 N–H and O–H groups in total. The number of nitrogens with zero attached hydrogens (tertiary/aromatic N) is 1. The van der Waals surface area contributed by atoms with E-state index in [1.807, 2.05) is 0 Å². The predicted octanol–water partition coefficient (Wildman–Crippen LogP) is 3.93. The molecule has 1 amide bonds. The summed E-state index contributed by atoms with van der Waals surface area (Å²) in [5.41, 5.74) is 2.04. The Hall–Kier alpha value is -3.79. The van der Waals surface area contributed by atoms with E-state index in [0.29, 0.717) is 28.6 Å². The highest BCUT2D eigenvalue weighted by Gasteiger charge is 2.17. The second kappa shape index (κ2) is 9.56. The number of carbonyl (C=O) groups is 1. The number of ether oxygens (including phenoxy) is 2. The number of hydrogen-bond acceptors (Lipinski definition) is 7. The van der Waals surface area contributed by atoms with Gasteiger partial charge in [0.15, 0.2) is 5.76 Å². The quantitative estimate of drug-likeness (QED) is 0.526. The van der Waals surface area contributed by atoms with Crippen LogP contribution < -0.4 is 19.5 Å². The fourth-order valence-electron chi connectivity index (χ4n) is 2.86. The summed E-state index contributed by atoms with van der Waals surface area (Å²) in [5.74, 6) is 1.01. The molecule has 0 aliphatic rings. The smallest absolute Gasteiger partial charge is 0.262 e. The van der Waals surface area contributed by atoms with Crippen LogP contribution in [0.25, 0.3) is 12.2 Å². The van der Waals surface area contributed by atoms with Crippen molar-refractivity contribution in [3.8, 4) is 11.5 Å². The minimum Gasteiger partial charge on any atom is -0.497 e. The molecule has 0 aliphatic heterocycles. The van der Waals surface area contributed by atoms with Gasteiger partial charge in [-0.1, -0.05) is 23.4 Å². The third-order valence-electron chi connectivity index (χ3n) is 4.46. The zero-order chi connectivity index (χ0) is 23.3. The number of aryl methyl sites for hydroxylation is 1. The number of amides is 1. The van der Waals surface area contributed by atoms with E-state index >= 15 is 0 Å². The maximum atomic E-state index is 12.8. The van der Waals surface area contributed by atoms with Crippen molar-refractivity contribution in [3.63, 3.8) is 0 Å². The molecule has 0 spiro atoms. The van der Waals surface area contributed by atoms with Gasteiger partial charge in [-0.2, -0.15) is 0 Å². The van der Waals surface area contributed by atoms with Gasteiger partial charge in [-0.05, 0) is 42.8 Å². The third kappa shape index (κ3) is 5.27. The number of nitrogens with one attached hydrogen (secondary N) is 2. The molecule has 32 heavy (non-hydrogen) atoms. The topological polar surface area (TPSA) is 120 Å². The lowest BCUT2D eigenvalue weighted by Gasteiger charge is -2.13. The first-order chi connectivity index (χ1) is 15.2. The van der Waals surface area contributed by atoms with Gasteiger partial charge >= 0.3 is 0 Å². The van der Waals surface area contributed by atoms with Crippen LogP contribution in [0.4, 0.5) is 11.4 Å². The van der Waals surface area contributed by atoms with Crippen molar-refractivity contribution >= 4 is 39.5 Å². The van der Waals surface area contributed by atoms with E-state index in [9.17, 15) is 13.2 Å². The summed E-state index contributed by atoms with van der Waals surface area (Å²) in [6, 6.07) is 11.1. The summed E-state index contributed by atoms with van der Waals surface area (Å²) in [6.07, 6.45) is 3.37. The van der Waals surface area contributed by atoms with Gasteiger partial charge in [-0.3, -0.25) is 9.52 Å². The molecule has 2 aromatic carbocycles. The fourth-order valence-corrected chi connectivity index (χ4v) is 3.92. The van der Waals surface area contributed by atoms with E-state index in [1.165, 1.54) is 33.3 Å². The second-order valence-electron chi connectivity index (χ2n) is 6.76. The van der Waals surface area contributed by atoms with Crippen LogP contribution in [0.5, 0.6) is 11.5 Å². The lowest BCUT2D eigenvalue weighted by atomic mass is 10.2. The van der Waals surface area contributed by atoms with Crippen LogP contribution in [0.2, 0.25) is 0 Å². The van der Waals surface area contributed by atoms with Crippen molar-refractivity contribution in [1.82, 2.24) is 5.16 Å². The molecule has 9 nitrogen and oxygen atoms in total. The zero-order valence-corrected chi connectivity index (χ0v) is 18.8. The Labute approximate surface area is 186 Å². The fraction of sp³-hybridized carbons (Fsp3) is 0.182. The van der Waals surface area contributed by atoms with Gasteiger partial charge in [0.25, 0.3) is 10.0 Å². The molecule has 0 saturated carbocycles. The molecule has 3 aromatic rings. The van der Waals surface area contributed by atoms with Crippen molar-refractivity contribution in [1.29, 1.82) is 0 Å². The first-order valence-electron chi connectivity index (χ1n) is 9.50. The van der Waals surface area contributed by atoms with E-state index in [1.54, 1.807) is 49.4 Å². The molecule has 10 heteroatoms. The van der Waals surface area contributed by atoms with E-state index in [0.717, 1.165) is 5.56 Å². The standard InChI is InChI=1S/C22H23N3O6S/c1-14-22(23-15(2)26)21(31-24-14)11-7-16-5-9-18(10-6-16)32(27,28)25-19-13-17(29-3)8-12-20(19)30-4/h5-13,25H,1-4H3,(H,23,26)/b11-7-. The molecule has 0 aliphatic carbocycles. The van der Waals surface area contributed by atoms with Gasteiger partial charge in [0, 0.05) is 13.0 Å². The molecule has 0 saturated heterocycles. The van der Waals surface area contributed by atoms with Crippen molar-refractivity contribution in [2.24, 2.45) is 0 Å². The summed E-state index contributed by atoms with van der Waals surface area (Å²) in [7, 11) is -0.913. The van der Waals surface area contributed by atoms with E-state index in [2.05, 4.69) is 15.2 Å². The van der Waals surface area contributed by atoms with Crippen molar-refractivity contribution in [2.45, 2.75) is 18.7 Å². The zero-order valence-electron chi connectivity index (χ0n) is 18.0. The maximum absolute atomic E-state index is 12.8. The van der Waals surface area contributed by atoms with Crippen molar-refractivity contribution in [2.75, 3.05) is 24.3 Å². The lowest BCUT2D eigenvalue weighted by Crippen LogP contribution is -2.13. The molecular formula is C22H23N3O6S. The SMILES string of the molecule is COc1ccc(OC)c(NS(=O)(=O)c2ccc(/C=C\c3onc(C)c3NC(C)=O)cc2)c1. The Morgan fingerprint density at radius 1 is 1.06 bits per heavy atom.